The number of anilines is 2. The van der Waals surface area contributed by atoms with Crippen molar-refractivity contribution in [3.8, 4) is 0 Å². The maximum Gasteiger partial charge on any atom is 0.416 e. The molecule has 0 unspecified atom stereocenters. The number of benzene rings is 2. The lowest BCUT2D eigenvalue weighted by atomic mass is 10.00. The second kappa shape index (κ2) is 11.0. The molecule has 0 atom stereocenters. The van der Waals surface area contributed by atoms with E-state index < -0.39 is 11.7 Å². The summed E-state index contributed by atoms with van der Waals surface area (Å²) in [7, 11) is 0. The van der Waals surface area contributed by atoms with Gasteiger partial charge in [0.1, 0.15) is 5.82 Å². The van der Waals surface area contributed by atoms with Gasteiger partial charge in [0.25, 0.3) is 0 Å². The maximum atomic E-state index is 14.6. The van der Waals surface area contributed by atoms with Crippen molar-refractivity contribution in [2.75, 3.05) is 29.4 Å². The average Bonchev–Trinajstić information content (AvgIpc) is 3.67. The number of aryl methyl sites for hydroxylation is 1. The SMILES string of the molecule is Cc1cccc(F)c1N1CCC(N2Cc3cn(CCNC4CC4)nc3N(Cc3ccccc3C(F)(F)F)C2=O)CC1. The lowest BCUT2D eigenvalue weighted by Gasteiger charge is -2.43. The second-order valence-electron chi connectivity index (χ2n) is 11.2. The smallest absolute Gasteiger partial charge is 0.369 e. The molecule has 0 spiro atoms. The van der Waals surface area contributed by atoms with E-state index in [9.17, 15) is 22.4 Å². The Hall–Kier alpha value is -3.60. The predicted octanol–water partition coefficient (Wildman–Crippen LogP) is 5.71. The number of nitrogens with one attached hydrogen (secondary N) is 1. The number of aromatic nitrogens is 2. The summed E-state index contributed by atoms with van der Waals surface area (Å²) in [4.78, 5) is 19.1. The summed E-state index contributed by atoms with van der Waals surface area (Å²) in [6, 6.07) is 10.5. The molecule has 0 radical (unpaired) electrons. The van der Waals surface area contributed by atoms with Crippen LogP contribution in [0, 0.1) is 12.7 Å². The number of hydrogen-bond acceptors (Lipinski definition) is 4. The summed E-state index contributed by atoms with van der Waals surface area (Å²) in [6.07, 6.45) is 0.956. The number of halogens is 4. The van der Waals surface area contributed by atoms with Gasteiger partial charge in [-0.15, -0.1) is 0 Å². The fourth-order valence-corrected chi connectivity index (χ4v) is 6.03. The number of alkyl halides is 3. The highest BCUT2D eigenvalue weighted by atomic mass is 19.4. The van der Waals surface area contributed by atoms with Gasteiger partial charge in [0.15, 0.2) is 5.82 Å². The fraction of sp³-hybridized carbons (Fsp3) is 0.467. The summed E-state index contributed by atoms with van der Waals surface area (Å²) in [5, 5.41) is 8.11. The van der Waals surface area contributed by atoms with E-state index in [0.29, 0.717) is 56.6 Å². The third kappa shape index (κ3) is 5.77. The molecule has 7 nitrogen and oxygen atoms in total. The number of hydrogen-bond donors (Lipinski definition) is 1. The molecule has 2 amide bonds. The Balaban J connectivity index is 1.25. The van der Waals surface area contributed by atoms with Crippen LogP contribution in [0.1, 0.15) is 47.9 Å². The number of carbonyl (C=O) groups is 1. The van der Waals surface area contributed by atoms with Gasteiger partial charge in [-0.05, 0) is 55.9 Å². The molecule has 3 aromatic rings. The summed E-state index contributed by atoms with van der Waals surface area (Å²) in [5.74, 6) is 0.148. The minimum absolute atomic E-state index is 0.0240. The van der Waals surface area contributed by atoms with Gasteiger partial charge in [-0.25, -0.2) is 9.18 Å². The van der Waals surface area contributed by atoms with Gasteiger partial charge in [-0.2, -0.15) is 18.3 Å². The van der Waals surface area contributed by atoms with Gasteiger partial charge >= 0.3 is 12.2 Å². The lowest BCUT2D eigenvalue weighted by Crippen LogP contribution is -2.54. The molecule has 3 heterocycles. The average molecular weight is 571 g/mol. The fourth-order valence-electron chi connectivity index (χ4n) is 6.03. The number of carbonyl (C=O) groups excluding carboxylic acids is 1. The maximum absolute atomic E-state index is 14.6. The van der Waals surface area contributed by atoms with Crippen LogP contribution < -0.4 is 15.1 Å². The van der Waals surface area contributed by atoms with E-state index in [4.69, 9.17) is 0 Å². The van der Waals surface area contributed by atoms with Gasteiger partial charge in [-0.3, -0.25) is 9.58 Å². The second-order valence-corrected chi connectivity index (χ2v) is 11.2. The van der Waals surface area contributed by atoms with Gasteiger partial charge < -0.3 is 15.1 Å². The van der Waals surface area contributed by atoms with E-state index in [2.05, 4.69) is 10.4 Å². The van der Waals surface area contributed by atoms with E-state index in [0.717, 1.165) is 23.7 Å². The molecule has 41 heavy (non-hydrogen) atoms. The van der Waals surface area contributed by atoms with Crippen LogP contribution in [0.15, 0.2) is 48.7 Å². The highest BCUT2D eigenvalue weighted by molar-refractivity contribution is 5.94. The van der Waals surface area contributed by atoms with Crippen LogP contribution in [0.25, 0.3) is 0 Å². The van der Waals surface area contributed by atoms with Crippen molar-refractivity contribution in [2.45, 2.75) is 70.5 Å². The van der Waals surface area contributed by atoms with E-state index in [-0.39, 0.29) is 30.0 Å². The van der Waals surface area contributed by atoms with E-state index in [1.807, 2.05) is 24.1 Å². The first-order chi connectivity index (χ1) is 19.7. The first-order valence-electron chi connectivity index (χ1n) is 14.2. The zero-order valence-electron chi connectivity index (χ0n) is 23.0. The van der Waals surface area contributed by atoms with Crippen molar-refractivity contribution in [3.05, 3.63) is 76.7 Å². The topological polar surface area (TPSA) is 56.6 Å². The van der Waals surface area contributed by atoms with Crippen molar-refractivity contribution >= 4 is 17.5 Å². The molecule has 1 saturated carbocycles. The molecule has 6 rings (SSSR count). The molecule has 2 aromatic carbocycles. The highest BCUT2D eigenvalue weighted by Crippen LogP contribution is 2.37. The summed E-state index contributed by atoms with van der Waals surface area (Å²) in [5.41, 5.74) is 1.53. The van der Waals surface area contributed by atoms with Gasteiger partial charge in [0.2, 0.25) is 0 Å². The molecular weight excluding hydrogens is 536 g/mol. The van der Waals surface area contributed by atoms with Crippen LogP contribution in [-0.2, 0) is 25.8 Å². The normalized spacial score (nSPS) is 18.3. The van der Waals surface area contributed by atoms with Crippen molar-refractivity contribution in [1.29, 1.82) is 0 Å². The van der Waals surface area contributed by atoms with E-state index in [1.165, 1.54) is 35.9 Å². The van der Waals surface area contributed by atoms with Crippen molar-refractivity contribution < 1.29 is 22.4 Å². The van der Waals surface area contributed by atoms with Crippen LogP contribution in [0.4, 0.5) is 33.9 Å². The number of nitrogens with zero attached hydrogens (tertiary/aromatic N) is 5. The molecule has 3 aliphatic rings. The zero-order valence-corrected chi connectivity index (χ0v) is 23.0. The van der Waals surface area contributed by atoms with Gasteiger partial charge in [0, 0.05) is 43.5 Å². The highest BCUT2D eigenvalue weighted by Gasteiger charge is 2.40. The number of piperidine rings is 1. The zero-order chi connectivity index (χ0) is 28.7. The third-order valence-corrected chi connectivity index (χ3v) is 8.30. The molecule has 2 aliphatic heterocycles. The molecule has 2 fully saturated rings. The first kappa shape index (κ1) is 27.6. The van der Waals surface area contributed by atoms with Crippen LogP contribution >= 0.6 is 0 Å². The minimum atomic E-state index is -4.54. The Labute approximate surface area is 236 Å². The number of rotatable bonds is 8. The van der Waals surface area contributed by atoms with Crippen molar-refractivity contribution in [1.82, 2.24) is 20.0 Å². The molecule has 1 N–H and O–H groups in total. The van der Waals surface area contributed by atoms with Gasteiger partial charge in [0.05, 0.1) is 30.9 Å². The number of para-hydroxylation sites is 1. The Bertz CT molecular complexity index is 1390. The molecule has 11 heteroatoms. The molecule has 0 bridgehead atoms. The quantitative estimate of drug-likeness (QED) is 0.353. The monoisotopic (exact) mass is 570 g/mol. The first-order valence-corrected chi connectivity index (χ1v) is 14.2. The molecule has 1 aliphatic carbocycles. The third-order valence-electron chi connectivity index (χ3n) is 8.30. The summed E-state index contributed by atoms with van der Waals surface area (Å²) in [6.45, 7) is 4.47. The predicted molar refractivity (Wildman–Crippen MR) is 148 cm³/mol. The van der Waals surface area contributed by atoms with Crippen LogP contribution in [-0.4, -0.2) is 52.4 Å². The Kier molecular flexibility index (Phi) is 7.39. The van der Waals surface area contributed by atoms with E-state index >= 15 is 0 Å². The van der Waals surface area contributed by atoms with Crippen molar-refractivity contribution in [3.63, 3.8) is 0 Å². The number of urea groups is 1. The van der Waals surface area contributed by atoms with E-state index in [1.54, 1.807) is 21.7 Å². The summed E-state index contributed by atoms with van der Waals surface area (Å²) >= 11 is 0. The van der Waals surface area contributed by atoms with Crippen molar-refractivity contribution in [2.24, 2.45) is 0 Å². The Morgan fingerprint density at radius 1 is 1.02 bits per heavy atom. The van der Waals surface area contributed by atoms with Crippen LogP contribution in [0.5, 0.6) is 0 Å². The number of amides is 2. The van der Waals surface area contributed by atoms with Crippen LogP contribution in [0.2, 0.25) is 0 Å². The molecule has 218 valence electrons. The molecular formula is C30H34F4N6O. The number of fused-ring (bicyclic) bond motifs is 1. The van der Waals surface area contributed by atoms with Gasteiger partial charge in [-0.1, -0.05) is 30.3 Å². The lowest BCUT2D eigenvalue weighted by molar-refractivity contribution is -0.138. The minimum Gasteiger partial charge on any atom is -0.369 e. The summed E-state index contributed by atoms with van der Waals surface area (Å²) < 4.78 is 57.9. The Morgan fingerprint density at radius 2 is 1.78 bits per heavy atom. The van der Waals surface area contributed by atoms with Crippen LogP contribution in [0.3, 0.4) is 0 Å². The molecule has 1 saturated heterocycles. The standard InChI is InChI=1S/C30H34F4N6O/c1-20-5-4-8-26(31)27(20)37-14-11-24(12-15-37)39-19-22-17-38(16-13-35-23-9-10-23)36-28(22)40(29(39)41)18-21-6-2-3-7-25(21)30(32,33)34/h2-8,17,23-24,35H,9-16,18-19H2,1H3. The largest absolute Gasteiger partial charge is 0.416 e. The Morgan fingerprint density at radius 3 is 2.49 bits per heavy atom. The molecule has 1 aromatic heterocycles.